The number of halogens is 4. The second-order valence-electron chi connectivity index (χ2n) is 9.86. The molecule has 7 nitrogen and oxygen atoms in total. The molecule has 186 valence electrons. The highest BCUT2D eigenvalue weighted by atomic mass is 19.4. The molecule has 2 atom stereocenters. The Kier molecular flexibility index (Phi) is 6.36. The number of hydrogen-bond acceptors (Lipinski definition) is 5. The molecule has 1 aliphatic carbocycles. The molecule has 0 aliphatic heterocycles. The molecule has 4 rings (SSSR count). The largest absolute Gasteiger partial charge is 0.408 e. The van der Waals surface area contributed by atoms with Gasteiger partial charge in [0.25, 0.3) is 5.56 Å². The topological polar surface area (TPSA) is 98.5 Å². The molecule has 1 saturated carbocycles. The van der Waals surface area contributed by atoms with Gasteiger partial charge in [-0.3, -0.25) is 14.8 Å². The lowest BCUT2D eigenvalue weighted by Gasteiger charge is -2.30. The zero-order valence-electron chi connectivity index (χ0n) is 19.5. The van der Waals surface area contributed by atoms with Crippen molar-refractivity contribution in [2.75, 3.05) is 5.32 Å². The Morgan fingerprint density at radius 2 is 1.97 bits per heavy atom. The van der Waals surface area contributed by atoms with Crippen molar-refractivity contribution in [3.63, 3.8) is 0 Å². The molecule has 2 aromatic heterocycles. The first-order valence-corrected chi connectivity index (χ1v) is 11.3. The number of hydrogen-bond donors (Lipinski definition) is 3. The Labute approximate surface area is 199 Å². The Balaban J connectivity index is 1.71. The Bertz CT molecular complexity index is 1330. The van der Waals surface area contributed by atoms with Gasteiger partial charge in [-0.05, 0) is 57.7 Å². The molecule has 2 heterocycles. The molecule has 1 unspecified atom stereocenters. The molecule has 3 aromatic rings. The molecule has 0 amide bonds. The number of H-pyrrole nitrogens is 1. The highest BCUT2D eigenvalue weighted by Crippen LogP contribution is 2.43. The lowest BCUT2D eigenvalue weighted by molar-refractivity contribution is -0.162. The minimum atomic E-state index is -4.70. The molecule has 1 aromatic carbocycles. The summed E-state index contributed by atoms with van der Waals surface area (Å²) < 4.78 is 57.6. The van der Waals surface area contributed by atoms with E-state index in [1.807, 2.05) is 0 Å². The highest BCUT2D eigenvalue weighted by molar-refractivity contribution is 5.91. The predicted octanol–water partition coefficient (Wildman–Crippen LogP) is 5.46. The molecule has 0 radical (unpaired) electrons. The average molecular weight is 491 g/mol. The minimum absolute atomic E-state index is 0.137. The Hall–Kier alpha value is -3.39. The van der Waals surface area contributed by atoms with E-state index in [-0.39, 0.29) is 35.3 Å². The van der Waals surface area contributed by atoms with Crippen LogP contribution in [0.3, 0.4) is 0 Å². The van der Waals surface area contributed by atoms with Gasteiger partial charge in [0.2, 0.25) is 0 Å². The molecule has 11 heteroatoms. The number of anilines is 2. The van der Waals surface area contributed by atoms with E-state index >= 15 is 0 Å². The van der Waals surface area contributed by atoms with Crippen LogP contribution in [0, 0.1) is 23.1 Å². The third-order valence-electron chi connectivity index (χ3n) is 5.89. The number of alkyl halides is 3. The quantitative estimate of drug-likeness (QED) is 0.382. The summed E-state index contributed by atoms with van der Waals surface area (Å²) in [5.41, 5.74) is -1.20. The number of fused-ring (bicyclic) bond motifs is 1. The number of nitrogens with one attached hydrogen (secondary N) is 3. The van der Waals surface area contributed by atoms with Crippen LogP contribution in [0.4, 0.5) is 29.1 Å². The monoisotopic (exact) mass is 490 g/mol. The first-order valence-electron chi connectivity index (χ1n) is 11.3. The number of nitriles is 1. The van der Waals surface area contributed by atoms with Gasteiger partial charge in [-0.2, -0.15) is 23.5 Å². The standard InChI is InChI=1S/C24H26F4N6O/c1-23(2,3)32-20(24(26,27)28)15-7-6-14(12-16(15)25)31-21-19-18(9-11-30-22(19)35)34(33-21)17(8-10-29)13-4-5-13/h6-7,9,11-13,17,20,32H,4-5,8H2,1-3H3,(H,30,35)(H,31,33)/t17?,20-/m1/s1. The third-order valence-corrected chi connectivity index (χ3v) is 5.89. The lowest BCUT2D eigenvalue weighted by Crippen LogP contribution is -2.45. The lowest BCUT2D eigenvalue weighted by atomic mass is 10.0. The summed E-state index contributed by atoms with van der Waals surface area (Å²) in [6, 6.07) is 4.78. The van der Waals surface area contributed by atoms with E-state index in [0.29, 0.717) is 5.52 Å². The van der Waals surface area contributed by atoms with Gasteiger partial charge in [-0.25, -0.2) is 4.39 Å². The van der Waals surface area contributed by atoms with Gasteiger partial charge in [-0.15, -0.1) is 0 Å². The van der Waals surface area contributed by atoms with E-state index in [1.165, 1.54) is 12.3 Å². The van der Waals surface area contributed by atoms with Crippen LogP contribution in [0.25, 0.3) is 10.9 Å². The molecule has 0 spiro atoms. The van der Waals surface area contributed by atoms with E-state index in [0.717, 1.165) is 25.0 Å². The minimum Gasteiger partial charge on any atom is -0.338 e. The van der Waals surface area contributed by atoms with Gasteiger partial charge in [0.15, 0.2) is 5.82 Å². The maximum atomic E-state index is 14.9. The highest BCUT2D eigenvalue weighted by Gasteiger charge is 2.44. The second kappa shape index (κ2) is 9.00. The van der Waals surface area contributed by atoms with E-state index in [2.05, 4.69) is 26.8 Å². The summed E-state index contributed by atoms with van der Waals surface area (Å²) >= 11 is 0. The fourth-order valence-corrected chi connectivity index (χ4v) is 4.21. The number of benzene rings is 1. The molecule has 1 aliphatic rings. The molecule has 1 fully saturated rings. The van der Waals surface area contributed by atoms with Crippen LogP contribution in [-0.2, 0) is 0 Å². The summed E-state index contributed by atoms with van der Waals surface area (Å²) in [6.07, 6.45) is -1.10. The molecule has 35 heavy (non-hydrogen) atoms. The van der Waals surface area contributed by atoms with Gasteiger partial charge in [0.1, 0.15) is 17.2 Å². The Morgan fingerprint density at radius 3 is 2.54 bits per heavy atom. The Morgan fingerprint density at radius 1 is 1.26 bits per heavy atom. The maximum absolute atomic E-state index is 14.9. The average Bonchev–Trinajstić information content (AvgIpc) is 3.52. The summed E-state index contributed by atoms with van der Waals surface area (Å²) in [4.78, 5) is 15.2. The van der Waals surface area contributed by atoms with Gasteiger partial charge in [0.05, 0.1) is 24.0 Å². The molecular formula is C24H26F4N6O. The van der Waals surface area contributed by atoms with Crippen LogP contribution >= 0.6 is 0 Å². The third kappa shape index (κ3) is 5.32. The second-order valence-corrected chi connectivity index (χ2v) is 9.86. The number of aromatic amines is 1. The number of nitrogens with zero attached hydrogens (tertiary/aromatic N) is 3. The number of rotatable bonds is 7. The summed E-state index contributed by atoms with van der Waals surface area (Å²) in [5.74, 6) is -0.638. The van der Waals surface area contributed by atoms with Crippen LogP contribution in [0.1, 0.15) is 57.7 Å². The van der Waals surface area contributed by atoms with E-state index in [4.69, 9.17) is 0 Å². The van der Waals surface area contributed by atoms with Crippen LogP contribution in [0.2, 0.25) is 0 Å². The molecule has 0 saturated heterocycles. The van der Waals surface area contributed by atoms with Crippen molar-refractivity contribution in [3.05, 3.63) is 52.2 Å². The van der Waals surface area contributed by atoms with Crippen molar-refractivity contribution >= 4 is 22.4 Å². The van der Waals surface area contributed by atoms with Crippen molar-refractivity contribution in [2.45, 2.75) is 63.8 Å². The van der Waals surface area contributed by atoms with Gasteiger partial charge in [0, 0.05) is 23.0 Å². The first kappa shape index (κ1) is 24.7. The summed E-state index contributed by atoms with van der Waals surface area (Å²) in [6.45, 7) is 4.71. The van der Waals surface area contributed by atoms with E-state index in [9.17, 15) is 27.6 Å². The predicted molar refractivity (Wildman–Crippen MR) is 124 cm³/mol. The smallest absolute Gasteiger partial charge is 0.338 e. The summed E-state index contributed by atoms with van der Waals surface area (Å²) in [5, 5.41) is 19.3. The van der Waals surface area contributed by atoms with Gasteiger partial charge < -0.3 is 10.3 Å². The normalized spacial score (nSPS) is 16.2. The van der Waals surface area contributed by atoms with Crippen molar-refractivity contribution in [3.8, 4) is 6.07 Å². The van der Waals surface area contributed by atoms with Crippen molar-refractivity contribution in [1.82, 2.24) is 20.1 Å². The fraction of sp³-hybridized carbons (Fsp3) is 0.458. The molecule has 3 N–H and O–H groups in total. The first-order chi connectivity index (χ1) is 16.4. The number of pyridine rings is 1. The van der Waals surface area contributed by atoms with E-state index < -0.39 is 34.7 Å². The molecule has 0 bridgehead atoms. The van der Waals surface area contributed by atoms with Crippen molar-refractivity contribution in [1.29, 1.82) is 5.26 Å². The number of aromatic nitrogens is 3. The van der Waals surface area contributed by atoms with Gasteiger partial charge >= 0.3 is 6.18 Å². The summed E-state index contributed by atoms with van der Waals surface area (Å²) in [7, 11) is 0. The van der Waals surface area contributed by atoms with E-state index in [1.54, 1.807) is 31.5 Å². The molecular weight excluding hydrogens is 464 g/mol. The van der Waals surface area contributed by atoms with Crippen LogP contribution < -0.4 is 16.2 Å². The van der Waals surface area contributed by atoms with Crippen LogP contribution in [0.5, 0.6) is 0 Å². The van der Waals surface area contributed by atoms with Crippen LogP contribution in [0.15, 0.2) is 35.3 Å². The SMILES string of the molecule is CC(C)(C)N[C@H](c1ccc(Nc2nn(C(CC#N)C3CC3)c3cc[nH]c(=O)c23)cc1F)C(F)(F)F. The van der Waals surface area contributed by atoms with Gasteiger partial charge in [-0.1, -0.05) is 6.07 Å². The fourth-order valence-electron chi connectivity index (χ4n) is 4.21. The van der Waals surface area contributed by atoms with Crippen LogP contribution in [-0.4, -0.2) is 26.5 Å². The maximum Gasteiger partial charge on any atom is 0.408 e. The van der Waals surface area contributed by atoms with Crippen molar-refractivity contribution in [2.24, 2.45) is 5.92 Å². The van der Waals surface area contributed by atoms with Crippen molar-refractivity contribution < 1.29 is 17.6 Å². The zero-order chi connectivity index (χ0) is 25.5. The zero-order valence-corrected chi connectivity index (χ0v) is 19.5.